The number of nitrogens with zero attached hydrogens (tertiary/aromatic N) is 2. The number of aryl methyl sites for hydroxylation is 1. The highest BCUT2D eigenvalue weighted by molar-refractivity contribution is 5.94. The van der Waals surface area contributed by atoms with Crippen LogP contribution in [-0.4, -0.2) is 36.3 Å². The maximum absolute atomic E-state index is 12.8. The van der Waals surface area contributed by atoms with Gasteiger partial charge in [0.1, 0.15) is 18.2 Å². The molecule has 0 spiro atoms. The molecule has 0 aliphatic heterocycles. The fourth-order valence-corrected chi connectivity index (χ4v) is 3.71. The van der Waals surface area contributed by atoms with Gasteiger partial charge in [0.2, 0.25) is 0 Å². The van der Waals surface area contributed by atoms with Gasteiger partial charge in [0.25, 0.3) is 5.91 Å². The lowest BCUT2D eigenvalue weighted by Crippen LogP contribution is -2.25. The number of para-hydroxylation sites is 3. The summed E-state index contributed by atoms with van der Waals surface area (Å²) in [6, 6.07) is 20.9. The molecule has 0 aliphatic carbocycles. The van der Waals surface area contributed by atoms with Gasteiger partial charge in [-0.15, -0.1) is 0 Å². The number of fused-ring (bicyclic) bond motifs is 1. The Hall–Kier alpha value is -4.00. The fraction of sp³-hybridized carbons (Fsp3) is 0.231. The van der Waals surface area contributed by atoms with Crippen LogP contribution in [0.4, 0.5) is 0 Å². The third-order valence-electron chi connectivity index (χ3n) is 5.45. The molecule has 1 amide bonds. The van der Waals surface area contributed by atoms with Crippen molar-refractivity contribution in [1.82, 2.24) is 14.9 Å². The van der Waals surface area contributed by atoms with Crippen LogP contribution in [0.5, 0.6) is 17.2 Å². The first-order chi connectivity index (χ1) is 16.1. The summed E-state index contributed by atoms with van der Waals surface area (Å²) in [5, 5.41) is 2.96. The zero-order valence-corrected chi connectivity index (χ0v) is 19.0. The number of rotatable bonds is 9. The molecule has 170 valence electrons. The van der Waals surface area contributed by atoms with Crippen LogP contribution >= 0.6 is 0 Å². The minimum atomic E-state index is -0.217. The molecule has 0 aliphatic rings. The minimum Gasteiger partial charge on any atom is -0.493 e. The highest BCUT2D eigenvalue weighted by Gasteiger charge is 2.14. The van der Waals surface area contributed by atoms with E-state index in [1.165, 1.54) is 0 Å². The Morgan fingerprint density at radius 3 is 2.48 bits per heavy atom. The molecule has 0 atom stereocenters. The van der Waals surface area contributed by atoms with Crippen molar-refractivity contribution in [3.63, 3.8) is 0 Å². The van der Waals surface area contributed by atoms with Crippen molar-refractivity contribution in [2.24, 2.45) is 0 Å². The Balaban J connectivity index is 1.49. The summed E-state index contributed by atoms with van der Waals surface area (Å²) in [7, 11) is 3.10. The molecule has 4 rings (SSSR count). The van der Waals surface area contributed by atoms with Gasteiger partial charge in [-0.1, -0.05) is 30.3 Å². The molecule has 1 heterocycles. The van der Waals surface area contributed by atoms with Crippen molar-refractivity contribution in [3.05, 3.63) is 83.7 Å². The van der Waals surface area contributed by atoms with E-state index >= 15 is 0 Å². The second-order valence-corrected chi connectivity index (χ2v) is 7.53. The smallest absolute Gasteiger partial charge is 0.251 e. The van der Waals surface area contributed by atoms with Crippen molar-refractivity contribution < 1.29 is 19.0 Å². The highest BCUT2D eigenvalue weighted by atomic mass is 16.5. The van der Waals surface area contributed by atoms with Crippen LogP contribution in [0.25, 0.3) is 11.0 Å². The van der Waals surface area contributed by atoms with E-state index in [0.717, 1.165) is 28.2 Å². The van der Waals surface area contributed by atoms with E-state index in [-0.39, 0.29) is 12.5 Å². The van der Waals surface area contributed by atoms with E-state index in [2.05, 4.69) is 9.88 Å². The number of hydrogen-bond acceptors (Lipinski definition) is 5. The quantitative estimate of drug-likeness (QED) is 0.414. The van der Waals surface area contributed by atoms with Gasteiger partial charge in [0, 0.05) is 5.56 Å². The lowest BCUT2D eigenvalue weighted by atomic mass is 10.2. The normalized spacial score (nSPS) is 10.8. The summed E-state index contributed by atoms with van der Waals surface area (Å²) in [5.41, 5.74) is 3.46. The van der Waals surface area contributed by atoms with Gasteiger partial charge in [0.15, 0.2) is 11.5 Å². The van der Waals surface area contributed by atoms with Crippen molar-refractivity contribution in [2.45, 2.75) is 20.0 Å². The van der Waals surface area contributed by atoms with Gasteiger partial charge in [-0.05, 0) is 48.9 Å². The molecule has 0 radical (unpaired) electrons. The maximum Gasteiger partial charge on any atom is 0.251 e. The van der Waals surface area contributed by atoms with Crippen molar-refractivity contribution in [2.75, 3.05) is 20.8 Å². The van der Waals surface area contributed by atoms with E-state index in [9.17, 15) is 4.79 Å². The summed E-state index contributed by atoms with van der Waals surface area (Å²) >= 11 is 0. The number of hydrogen-bond donors (Lipinski definition) is 1. The molecule has 0 saturated carbocycles. The summed E-state index contributed by atoms with van der Waals surface area (Å²) in [6.07, 6.45) is 0. The van der Waals surface area contributed by atoms with E-state index in [1.807, 2.05) is 55.5 Å². The average Bonchev–Trinajstić information content (AvgIpc) is 3.20. The summed E-state index contributed by atoms with van der Waals surface area (Å²) in [4.78, 5) is 17.5. The molecule has 0 saturated heterocycles. The number of carbonyl (C=O) groups excluding carboxylic acids is 1. The summed E-state index contributed by atoms with van der Waals surface area (Å²) in [6.45, 7) is 3.40. The van der Waals surface area contributed by atoms with Gasteiger partial charge in [0.05, 0.1) is 38.3 Å². The average molecular weight is 446 g/mol. The van der Waals surface area contributed by atoms with Crippen LogP contribution < -0.4 is 19.5 Å². The molecule has 3 aromatic carbocycles. The highest BCUT2D eigenvalue weighted by Crippen LogP contribution is 2.27. The monoisotopic (exact) mass is 445 g/mol. The Kier molecular flexibility index (Phi) is 6.78. The summed E-state index contributed by atoms with van der Waals surface area (Å²) < 4.78 is 18.6. The largest absolute Gasteiger partial charge is 0.493 e. The lowest BCUT2D eigenvalue weighted by molar-refractivity contribution is 0.0949. The fourth-order valence-electron chi connectivity index (χ4n) is 3.71. The van der Waals surface area contributed by atoms with Crippen LogP contribution in [0.1, 0.15) is 21.7 Å². The van der Waals surface area contributed by atoms with Crippen molar-refractivity contribution in [1.29, 1.82) is 0 Å². The predicted octanol–water partition coefficient (Wildman–Crippen LogP) is 4.37. The first-order valence-electron chi connectivity index (χ1n) is 10.7. The molecule has 1 aromatic heterocycles. The third-order valence-corrected chi connectivity index (χ3v) is 5.45. The Morgan fingerprint density at radius 2 is 1.70 bits per heavy atom. The number of methoxy groups -OCH3 is 2. The van der Waals surface area contributed by atoms with Crippen LogP contribution in [0.15, 0.2) is 66.7 Å². The van der Waals surface area contributed by atoms with E-state index in [4.69, 9.17) is 19.2 Å². The maximum atomic E-state index is 12.8. The van der Waals surface area contributed by atoms with Crippen LogP contribution in [-0.2, 0) is 13.1 Å². The second-order valence-electron chi connectivity index (χ2n) is 7.53. The number of imidazole rings is 1. The molecule has 7 heteroatoms. The first kappa shape index (κ1) is 22.2. The second kappa shape index (κ2) is 10.1. The molecular formula is C26H27N3O4. The van der Waals surface area contributed by atoms with Gasteiger partial charge >= 0.3 is 0 Å². The van der Waals surface area contributed by atoms with Gasteiger partial charge in [-0.3, -0.25) is 4.79 Å². The zero-order chi connectivity index (χ0) is 23.2. The van der Waals surface area contributed by atoms with E-state index < -0.39 is 0 Å². The number of ether oxygens (including phenoxy) is 3. The van der Waals surface area contributed by atoms with Gasteiger partial charge in [-0.2, -0.15) is 0 Å². The molecule has 4 aromatic rings. The van der Waals surface area contributed by atoms with Crippen LogP contribution in [0, 0.1) is 6.92 Å². The molecule has 7 nitrogen and oxygen atoms in total. The lowest BCUT2D eigenvalue weighted by Gasteiger charge is -2.13. The summed E-state index contributed by atoms with van der Waals surface area (Å²) in [5.74, 6) is 2.49. The number of carbonyl (C=O) groups is 1. The molecule has 0 unspecified atom stereocenters. The van der Waals surface area contributed by atoms with Crippen LogP contribution in [0.2, 0.25) is 0 Å². The van der Waals surface area contributed by atoms with E-state index in [0.29, 0.717) is 30.2 Å². The standard InChI is InChI=1S/C26H27N3O4/c1-18-8-4-7-11-22(18)33-15-14-29-21-10-6-5-9-20(21)28-25(29)17-27-26(30)19-12-13-23(31-2)24(16-19)32-3/h4-13,16H,14-15,17H2,1-3H3,(H,27,30). The molecular weight excluding hydrogens is 418 g/mol. The molecule has 0 fully saturated rings. The van der Waals surface area contributed by atoms with Gasteiger partial charge < -0.3 is 24.1 Å². The minimum absolute atomic E-state index is 0.217. The molecule has 1 N–H and O–H groups in total. The zero-order valence-electron chi connectivity index (χ0n) is 19.0. The predicted molar refractivity (Wildman–Crippen MR) is 127 cm³/mol. The number of benzene rings is 3. The third kappa shape index (κ3) is 4.92. The Morgan fingerprint density at radius 1 is 0.939 bits per heavy atom. The SMILES string of the molecule is COc1ccc(C(=O)NCc2nc3ccccc3n2CCOc2ccccc2C)cc1OC. The van der Waals surface area contributed by atoms with Crippen LogP contribution in [0.3, 0.4) is 0 Å². The molecule has 0 bridgehead atoms. The number of aromatic nitrogens is 2. The van der Waals surface area contributed by atoms with Gasteiger partial charge in [-0.25, -0.2) is 4.98 Å². The molecule has 33 heavy (non-hydrogen) atoms. The van der Waals surface area contributed by atoms with Crippen molar-refractivity contribution in [3.8, 4) is 17.2 Å². The number of amides is 1. The topological polar surface area (TPSA) is 74.6 Å². The first-order valence-corrected chi connectivity index (χ1v) is 10.7. The van der Waals surface area contributed by atoms with Crippen molar-refractivity contribution >= 4 is 16.9 Å². The van der Waals surface area contributed by atoms with E-state index in [1.54, 1.807) is 32.4 Å². The number of nitrogens with one attached hydrogen (secondary N) is 1. The Labute approximate surface area is 192 Å². The Bertz CT molecular complexity index is 1270.